The highest BCUT2D eigenvalue weighted by Crippen LogP contribution is 2.13. The van der Waals surface area contributed by atoms with E-state index in [9.17, 15) is 4.79 Å². The van der Waals surface area contributed by atoms with Crippen LogP contribution in [0, 0.1) is 0 Å². The van der Waals surface area contributed by atoms with E-state index in [4.69, 9.17) is 33.2 Å². The fraction of sp³-hybridized carbons (Fsp3) is 0.682. The van der Waals surface area contributed by atoms with Crippen molar-refractivity contribution in [1.82, 2.24) is 0 Å². The van der Waals surface area contributed by atoms with Crippen LogP contribution >= 0.6 is 0 Å². The summed E-state index contributed by atoms with van der Waals surface area (Å²) in [4.78, 5) is 11.6. The van der Waals surface area contributed by atoms with Gasteiger partial charge in [0.25, 0.3) is 0 Å². The Hall–Kier alpha value is -1.55. The average Bonchev–Trinajstić information content (AvgIpc) is 2.79. The summed E-state index contributed by atoms with van der Waals surface area (Å²) in [5, 5.41) is 0. The van der Waals surface area contributed by atoms with E-state index in [1.165, 1.54) is 0 Å². The minimum atomic E-state index is -0.390. The number of carbonyl (C=O) groups is 1. The van der Waals surface area contributed by atoms with Crippen molar-refractivity contribution in [2.75, 3.05) is 66.1 Å². The van der Waals surface area contributed by atoms with E-state index in [2.05, 4.69) is 0 Å². The number of carbonyl (C=O) groups excluding carboxylic acids is 1. The highest BCUT2D eigenvalue weighted by molar-refractivity contribution is 5.70. The molecular formula is C22H34O8. The third kappa shape index (κ3) is 12.9. The predicted molar refractivity (Wildman–Crippen MR) is 109 cm³/mol. The van der Waals surface area contributed by atoms with Gasteiger partial charge in [0.2, 0.25) is 0 Å². The van der Waals surface area contributed by atoms with E-state index in [1.54, 1.807) is 0 Å². The van der Waals surface area contributed by atoms with Gasteiger partial charge in [-0.25, -0.2) is 4.79 Å². The number of esters is 1. The van der Waals surface area contributed by atoms with Crippen LogP contribution in [-0.2, 0) is 44.6 Å². The lowest BCUT2D eigenvalue weighted by molar-refractivity contribution is -0.169. The molecule has 0 aliphatic carbocycles. The van der Waals surface area contributed by atoms with E-state index in [-0.39, 0.29) is 25.5 Å². The van der Waals surface area contributed by atoms with Gasteiger partial charge in [0.05, 0.1) is 52.9 Å². The van der Waals surface area contributed by atoms with Gasteiger partial charge in [-0.05, 0) is 24.8 Å². The molecule has 1 aliphatic rings. The Kier molecular flexibility index (Phi) is 14.1. The molecule has 1 aromatic carbocycles. The number of hydrogen-bond donors (Lipinski definition) is 0. The monoisotopic (exact) mass is 426 g/mol. The summed E-state index contributed by atoms with van der Waals surface area (Å²) in [6.45, 7) is 4.71. The second-order valence-corrected chi connectivity index (χ2v) is 6.70. The zero-order valence-corrected chi connectivity index (χ0v) is 17.6. The van der Waals surface area contributed by atoms with E-state index in [0.717, 1.165) is 31.4 Å². The molecule has 1 fully saturated rings. The quantitative estimate of drug-likeness (QED) is 0.277. The Labute approximate surface area is 178 Å². The smallest absolute Gasteiger partial charge is 0.332 e. The average molecular weight is 427 g/mol. The summed E-state index contributed by atoms with van der Waals surface area (Å²) < 4.78 is 37.6. The molecule has 0 saturated carbocycles. The largest absolute Gasteiger partial charge is 0.459 e. The summed E-state index contributed by atoms with van der Waals surface area (Å²) >= 11 is 0. The number of ether oxygens (including phenoxy) is 7. The van der Waals surface area contributed by atoms with E-state index >= 15 is 0 Å². The number of hydrogen-bond acceptors (Lipinski definition) is 8. The van der Waals surface area contributed by atoms with Crippen LogP contribution in [0.5, 0.6) is 0 Å². The molecule has 8 heteroatoms. The van der Waals surface area contributed by atoms with Gasteiger partial charge in [-0.15, -0.1) is 0 Å². The van der Waals surface area contributed by atoms with Gasteiger partial charge >= 0.3 is 5.97 Å². The minimum Gasteiger partial charge on any atom is -0.459 e. The van der Waals surface area contributed by atoms with Gasteiger partial charge in [-0.1, -0.05) is 30.3 Å². The first-order valence-electron chi connectivity index (χ1n) is 10.6. The second kappa shape index (κ2) is 17.2. The topological polar surface area (TPSA) is 81.7 Å². The lowest BCUT2D eigenvalue weighted by Gasteiger charge is -2.22. The van der Waals surface area contributed by atoms with Crippen LogP contribution in [0.2, 0.25) is 0 Å². The minimum absolute atomic E-state index is 0.0698. The Morgan fingerprint density at radius 1 is 0.833 bits per heavy atom. The van der Waals surface area contributed by atoms with Crippen molar-refractivity contribution in [3.05, 3.63) is 35.9 Å². The van der Waals surface area contributed by atoms with Crippen LogP contribution < -0.4 is 0 Å². The third-order valence-electron chi connectivity index (χ3n) is 4.25. The van der Waals surface area contributed by atoms with Gasteiger partial charge in [0, 0.05) is 6.61 Å². The summed E-state index contributed by atoms with van der Waals surface area (Å²) in [6, 6.07) is 9.52. The first-order valence-corrected chi connectivity index (χ1v) is 10.6. The van der Waals surface area contributed by atoms with Crippen molar-refractivity contribution in [2.45, 2.75) is 32.2 Å². The molecule has 0 N–H and O–H groups in total. The van der Waals surface area contributed by atoms with Gasteiger partial charge in [-0.2, -0.15) is 0 Å². The van der Waals surface area contributed by atoms with Gasteiger partial charge in [0.15, 0.2) is 6.29 Å². The molecule has 1 atom stereocenters. The van der Waals surface area contributed by atoms with Crippen molar-refractivity contribution in [3.63, 3.8) is 0 Å². The molecule has 1 saturated heterocycles. The third-order valence-corrected chi connectivity index (χ3v) is 4.25. The van der Waals surface area contributed by atoms with Crippen molar-refractivity contribution in [1.29, 1.82) is 0 Å². The zero-order chi connectivity index (χ0) is 21.1. The fourth-order valence-electron chi connectivity index (χ4n) is 2.68. The Morgan fingerprint density at radius 2 is 1.47 bits per heavy atom. The first-order chi connectivity index (χ1) is 14.8. The molecule has 0 radical (unpaired) electrons. The summed E-state index contributed by atoms with van der Waals surface area (Å²) in [7, 11) is 0. The van der Waals surface area contributed by atoms with E-state index in [0.29, 0.717) is 52.9 Å². The molecular weight excluding hydrogens is 392 g/mol. The van der Waals surface area contributed by atoms with Crippen LogP contribution in [-0.4, -0.2) is 78.3 Å². The molecule has 1 unspecified atom stereocenters. The van der Waals surface area contributed by atoms with Crippen molar-refractivity contribution >= 4 is 5.97 Å². The maximum Gasteiger partial charge on any atom is 0.332 e. The lowest BCUT2D eigenvalue weighted by Crippen LogP contribution is -2.24. The normalized spacial score (nSPS) is 16.5. The van der Waals surface area contributed by atoms with Crippen LogP contribution in [0.4, 0.5) is 0 Å². The lowest BCUT2D eigenvalue weighted by atomic mass is 10.2. The first kappa shape index (κ1) is 24.7. The molecule has 30 heavy (non-hydrogen) atoms. The molecule has 0 aromatic heterocycles. The molecule has 0 bridgehead atoms. The molecule has 1 aliphatic heterocycles. The molecule has 2 rings (SSSR count). The molecule has 0 amide bonds. The molecule has 0 spiro atoms. The van der Waals surface area contributed by atoms with E-state index < -0.39 is 0 Å². The standard InChI is InChI=1S/C22H34O8/c23-21(30-18-20-6-2-1-3-7-20)19-27-15-14-25-11-10-24-12-13-26-16-17-29-22-8-4-5-9-28-22/h1-3,6-7,22H,4-5,8-19H2. The van der Waals surface area contributed by atoms with Gasteiger partial charge < -0.3 is 33.2 Å². The Bertz CT molecular complexity index is 533. The molecule has 8 nitrogen and oxygen atoms in total. The van der Waals surface area contributed by atoms with E-state index in [1.807, 2.05) is 30.3 Å². The summed E-state index contributed by atoms with van der Waals surface area (Å²) in [5.74, 6) is -0.390. The zero-order valence-electron chi connectivity index (χ0n) is 17.6. The predicted octanol–water partition coefficient (Wildman–Crippen LogP) is 2.34. The number of benzene rings is 1. The van der Waals surface area contributed by atoms with Gasteiger partial charge in [0.1, 0.15) is 13.2 Å². The summed E-state index contributed by atoms with van der Waals surface area (Å²) in [5.41, 5.74) is 0.946. The maximum atomic E-state index is 11.6. The number of rotatable bonds is 17. The van der Waals surface area contributed by atoms with Crippen molar-refractivity contribution < 1.29 is 38.0 Å². The highest BCUT2D eigenvalue weighted by atomic mass is 16.7. The van der Waals surface area contributed by atoms with Crippen molar-refractivity contribution in [3.8, 4) is 0 Å². The second-order valence-electron chi connectivity index (χ2n) is 6.70. The van der Waals surface area contributed by atoms with Crippen LogP contribution in [0.1, 0.15) is 24.8 Å². The molecule has 1 heterocycles. The molecule has 170 valence electrons. The SMILES string of the molecule is O=C(COCCOCCOCCOCCOC1CCCCO1)OCc1ccccc1. The fourth-order valence-corrected chi connectivity index (χ4v) is 2.68. The highest BCUT2D eigenvalue weighted by Gasteiger charge is 2.13. The van der Waals surface area contributed by atoms with Crippen LogP contribution in [0.25, 0.3) is 0 Å². The van der Waals surface area contributed by atoms with Crippen LogP contribution in [0.15, 0.2) is 30.3 Å². The van der Waals surface area contributed by atoms with Crippen LogP contribution in [0.3, 0.4) is 0 Å². The summed E-state index contributed by atoms with van der Waals surface area (Å²) in [6.07, 6.45) is 3.18. The van der Waals surface area contributed by atoms with Gasteiger partial charge in [-0.3, -0.25) is 0 Å². The Balaban J connectivity index is 1.26. The molecule has 1 aromatic rings. The Morgan fingerprint density at radius 3 is 2.10 bits per heavy atom. The maximum absolute atomic E-state index is 11.6. The van der Waals surface area contributed by atoms with Crippen molar-refractivity contribution in [2.24, 2.45) is 0 Å².